The number of alkyl halides is 3. The molecular weight excluding hydrogens is 265 g/mol. The van der Waals surface area contributed by atoms with Crippen LogP contribution in [0.2, 0.25) is 0 Å². The monoisotopic (exact) mass is 274 g/mol. The first-order chi connectivity index (χ1) is 8.41. The minimum Gasteiger partial charge on any atom is -0.357 e. The van der Waals surface area contributed by atoms with Crippen LogP contribution in [0.5, 0.6) is 0 Å². The van der Waals surface area contributed by atoms with Gasteiger partial charge in [0.25, 0.3) is 5.82 Å². The fourth-order valence-corrected chi connectivity index (χ4v) is 1.62. The van der Waals surface area contributed by atoms with Crippen molar-refractivity contribution >= 4 is 18.6 Å². The summed E-state index contributed by atoms with van der Waals surface area (Å²) in [7, 11) is 1.48. The highest BCUT2D eigenvalue weighted by molar-refractivity contribution is 7.80. The topological polar surface area (TPSA) is 42.7 Å². The van der Waals surface area contributed by atoms with Gasteiger partial charge in [-0.25, -0.2) is 0 Å². The summed E-state index contributed by atoms with van der Waals surface area (Å²) < 4.78 is 38.7. The number of hydrogen-bond acceptors (Lipinski definition) is 4. The molecule has 1 N–H and O–H groups in total. The van der Waals surface area contributed by atoms with Gasteiger partial charge in [-0.1, -0.05) is 6.07 Å². The molecule has 0 atom stereocenters. The van der Waals surface area contributed by atoms with E-state index >= 15 is 0 Å². The van der Waals surface area contributed by atoms with Crippen LogP contribution in [0.3, 0.4) is 0 Å². The average molecular weight is 274 g/mol. The second-order valence-corrected chi connectivity index (χ2v) is 3.95. The molecule has 2 aromatic rings. The van der Waals surface area contributed by atoms with Crippen molar-refractivity contribution in [2.45, 2.75) is 11.1 Å². The van der Waals surface area contributed by atoms with Crippen LogP contribution in [0, 0.1) is 0 Å². The zero-order valence-corrected chi connectivity index (χ0v) is 10.1. The number of rotatable bonds is 2. The minimum absolute atomic E-state index is 0.0151. The first-order valence-electron chi connectivity index (χ1n) is 4.93. The van der Waals surface area contributed by atoms with Gasteiger partial charge < -0.3 is 5.32 Å². The summed E-state index contributed by atoms with van der Waals surface area (Å²) in [6, 6.07) is 6.60. The normalized spacial score (nSPS) is 11.6. The standard InChI is InChI=1S/C10H9F3N4S/c1-14-9-15-8(10(11,12)13)16-17(9)6-3-2-4-7(18)5-6/h2-5,18H,1H3,(H,14,15,16). The highest BCUT2D eigenvalue weighted by atomic mass is 32.1. The van der Waals surface area contributed by atoms with Crippen LogP contribution in [0.1, 0.15) is 5.82 Å². The van der Waals surface area contributed by atoms with Crippen molar-refractivity contribution in [3.05, 3.63) is 30.1 Å². The lowest BCUT2D eigenvalue weighted by Crippen LogP contribution is -2.08. The van der Waals surface area contributed by atoms with Gasteiger partial charge >= 0.3 is 6.18 Å². The van der Waals surface area contributed by atoms with Gasteiger partial charge in [0.2, 0.25) is 5.95 Å². The van der Waals surface area contributed by atoms with Crippen molar-refractivity contribution in [1.82, 2.24) is 14.8 Å². The summed E-state index contributed by atoms with van der Waals surface area (Å²) in [5, 5.41) is 6.02. The number of thiol groups is 1. The molecule has 96 valence electrons. The zero-order valence-electron chi connectivity index (χ0n) is 9.23. The molecule has 0 aliphatic heterocycles. The Labute approximate surface area is 106 Å². The van der Waals surface area contributed by atoms with E-state index in [1.807, 2.05) is 0 Å². The molecule has 0 saturated heterocycles. The van der Waals surface area contributed by atoms with Crippen LogP contribution in [0.15, 0.2) is 29.2 Å². The Morgan fingerprint density at radius 3 is 2.61 bits per heavy atom. The van der Waals surface area contributed by atoms with Crippen molar-refractivity contribution in [3.8, 4) is 5.69 Å². The van der Waals surface area contributed by atoms with Crippen LogP contribution in [-0.2, 0) is 6.18 Å². The predicted molar refractivity (Wildman–Crippen MR) is 63.2 cm³/mol. The van der Waals surface area contributed by atoms with Crippen LogP contribution in [-0.4, -0.2) is 21.8 Å². The lowest BCUT2D eigenvalue weighted by atomic mass is 10.3. The highest BCUT2D eigenvalue weighted by Crippen LogP contribution is 2.28. The highest BCUT2D eigenvalue weighted by Gasteiger charge is 2.37. The van der Waals surface area contributed by atoms with E-state index in [4.69, 9.17) is 0 Å². The number of nitrogens with zero attached hydrogens (tertiary/aromatic N) is 3. The molecule has 0 bridgehead atoms. The van der Waals surface area contributed by atoms with Crippen LogP contribution in [0.25, 0.3) is 5.69 Å². The summed E-state index contributed by atoms with van der Waals surface area (Å²) in [4.78, 5) is 4.02. The molecule has 1 heterocycles. The van der Waals surface area contributed by atoms with E-state index in [2.05, 4.69) is 28.0 Å². The maximum absolute atomic E-state index is 12.5. The molecule has 0 spiro atoms. The Balaban J connectivity index is 2.54. The SMILES string of the molecule is CNc1nc(C(F)(F)F)nn1-c1cccc(S)c1. The molecule has 0 aliphatic carbocycles. The molecule has 0 fully saturated rings. The second-order valence-electron chi connectivity index (χ2n) is 3.44. The first-order valence-corrected chi connectivity index (χ1v) is 5.38. The largest absolute Gasteiger partial charge is 0.453 e. The Morgan fingerprint density at radius 2 is 2.06 bits per heavy atom. The van der Waals surface area contributed by atoms with E-state index < -0.39 is 12.0 Å². The molecular formula is C10H9F3N4S. The third-order valence-electron chi connectivity index (χ3n) is 2.16. The summed E-state index contributed by atoms with van der Waals surface area (Å²) >= 11 is 4.13. The van der Waals surface area contributed by atoms with Crippen LogP contribution < -0.4 is 5.32 Å². The molecule has 1 aromatic carbocycles. The van der Waals surface area contributed by atoms with E-state index in [-0.39, 0.29) is 5.95 Å². The molecule has 4 nitrogen and oxygen atoms in total. The number of aromatic nitrogens is 3. The molecule has 1 aromatic heterocycles. The Hall–Kier alpha value is -1.70. The van der Waals surface area contributed by atoms with E-state index in [1.54, 1.807) is 24.3 Å². The fourth-order valence-electron chi connectivity index (χ4n) is 1.40. The molecule has 18 heavy (non-hydrogen) atoms. The summed E-state index contributed by atoms with van der Waals surface area (Å²) in [6.45, 7) is 0. The van der Waals surface area contributed by atoms with E-state index in [1.165, 1.54) is 7.05 Å². The van der Waals surface area contributed by atoms with E-state index in [9.17, 15) is 13.2 Å². The third kappa shape index (κ3) is 2.42. The molecule has 0 aliphatic rings. The second kappa shape index (κ2) is 4.52. The van der Waals surface area contributed by atoms with Gasteiger partial charge in [-0.3, -0.25) is 0 Å². The zero-order chi connectivity index (χ0) is 13.3. The maximum Gasteiger partial charge on any atom is 0.453 e. The quantitative estimate of drug-likeness (QED) is 0.827. The van der Waals surface area contributed by atoms with Crippen LogP contribution in [0.4, 0.5) is 19.1 Å². The molecule has 0 unspecified atom stereocenters. The summed E-state index contributed by atoms with van der Waals surface area (Å²) in [5.74, 6) is -1.17. The van der Waals surface area contributed by atoms with Crippen molar-refractivity contribution in [2.75, 3.05) is 12.4 Å². The van der Waals surface area contributed by atoms with Gasteiger partial charge in [-0.05, 0) is 18.2 Å². The Morgan fingerprint density at radius 1 is 1.33 bits per heavy atom. The Kier molecular flexibility index (Phi) is 3.20. The average Bonchev–Trinajstić information content (AvgIpc) is 2.72. The lowest BCUT2D eigenvalue weighted by Gasteiger charge is -2.05. The maximum atomic E-state index is 12.5. The van der Waals surface area contributed by atoms with E-state index in [0.717, 1.165) is 4.68 Å². The number of hydrogen-bond donors (Lipinski definition) is 2. The van der Waals surface area contributed by atoms with Crippen LogP contribution >= 0.6 is 12.6 Å². The number of anilines is 1. The van der Waals surface area contributed by atoms with Gasteiger partial charge in [0.15, 0.2) is 0 Å². The summed E-state index contributed by atoms with van der Waals surface area (Å²) in [6.07, 6.45) is -4.57. The van der Waals surface area contributed by atoms with Crippen molar-refractivity contribution < 1.29 is 13.2 Å². The van der Waals surface area contributed by atoms with Gasteiger partial charge in [0, 0.05) is 11.9 Å². The fraction of sp³-hybridized carbons (Fsp3) is 0.200. The number of benzene rings is 1. The van der Waals surface area contributed by atoms with Crippen molar-refractivity contribution in [3.63, 3.8) is 0 Å². The predicted octanol–water partition coefficient (Wildman–Crippen LogP) is 2.62. The van der Waals surface area contributed by atoms with Gasteiger partial charge in [-0.15, -0.1) is 17.7 Å². The molecule has 0 amide bonds. The summed E-state index contributed by atoms with van der Waals surface area (Å²) in [5.41, 5.74) is 0.454. The van der Waals surface area contributed by atoms with Gasteiger partial charge in [0.1, 0.15) is 0 Å². The van der Waals surface area contributed by atoms with E-state index in [0.29, 0.717) is 10.6 Å². The van der Waals surface area contributed by atoms with Crippen molar-refractivity contribution in [1.29, 1.82) is 0 Å². The molecule has 0 radical (unpaired) electrons. The first kappa shape index (κ1) is 12.7. The molecule has 2 rings (SSSR count). The third-order valence-corrected chi connectivity index (χ3v) is 2.44. The minimum atomic E-state index is -4.57. The van der Waals surface area contributed by atoms with Gasteiger partial charge in [0.05, 0.1) is 5.69 Å². The van der Waals surface area contributed by atoms with Gasteiger partial charge in [-0.2, -0.15) is 22.8 Å². The number of nitrogens with one attached hydrogen (secondary N) is 1. The smallest absolute Gasteiger partial charge is 0.357 e. The number of halogens is 3. The van der Waals surface area contributed by atoms with Crippen molar-refractivity contribution in [2.24, 2.45) is 0 Å². The lowest BCUT2D eigenvalue weighted by molar-refractivity contribution is -0.144. The molecule has 0 saturated carbocycles. The Bertz CT molecular complexity index is 564. The molecule has 8 heteroatoms.